The fourth-order valence-electron chi connectivity index (χ4n) is 4.24. The number of amides is 1. The van der Waals surface area contributed by atoms with E-state index >= 15 is 0 Å². The summed E-state index contributed by atoms with van der Waals surface area (Å²) < 4.78 is 0. The van der Waals surface area contributed by atoms with Gasteiger partial charge in [-0.15, -0.1) is 11.3 Å². The SMILES string of the molecule is O=C(C1=C(O)C(=O)N(CCN2CCCCC2)C1c1cccc([N+](=O)[O-])c1)c1cccs1. The summed E-state index contributed by atoms with van der Waals surface area (Å²) in [5, 5.41) is 23.7. The molecule has 4 rings (SSSR count). The molecule has 1 N–H and O–H groups in total. The van der Waals surface area contributed by atoms with Crippen molar-refractivity contribution in [2.24, 2.45) is 0 Å². The molecule has 31 heavy (non-hydrogen) atoms. The standard InChI is InChI=1S/C22H23N3O5S/c26-20(17-8-5-13-31-17)18-19(15-6-4-7-16(14-15)25(29)30)24(22(28)21(18)27)12-11-23-9-2-1-3-10-23/h4-8,13-14,19,27H,1-3,9-12H2. The smallest absolute Gasteiger partial charge is 0.290 e. The number of carbonyl (C=O) groups is 2. The molecule has 0 spiro atoms. The Morgan fingerprint density at radius 1 is 1.16 bits per heavy atom. The highest BCUT2D eigenvalue weighted by atomic mass is 32.1. The molecule has 0 bridgehead atoms. The first-order valence-electron chi connectivity index (χ1n) is 10.3. The van der Waals surface area contributed by atoms with Crippen LogP contribution in [0.15, 0.2) is 53.1 Å². The van der Waals surface area contributed by atoms with Gasteiger partial charge in [0.2, 0.25) is 5.78 Å². The van der Waals surface area contributed by atoms with Crippen LogP contribution in [0.5, 0.6) is 0 Å². The number of piperidine rings is 1. The molecular weight excluding hydrogens is 418 g/mol. The van der Waals surface area contributed by atoms with Gasteiger partial charge in [0, 0.05) is 25.2 Å². The predicted octanol–water partition coefficient (Wildman–Crippen LogP) is 3.72. The maximum atomic E-state index is 13.2. The summed E-state index contributed by atoms with van der Waals surface area (Å²) in [6.07, 6.45) is 3.40. The molecule has 1 atom stereocenters. The lowest BCUT2D eigenvalue weighted by Gasteiger charge is -2.31. The van der Waals surface area contributed by atoms with Crippen molar-refractivity contribution in [2.75, 3.05) is 26.2 Å². The van der Waals surface area contributed by atoms with Gasteiger partial charge in [-0.25, -0.2) is 0 Å². The third-order valence-electron chi connectivity index (χ3n) is 5.80. The number of Topliss-reactive ketones (excluding diaryl/α,β-unsaturated/α-hetero) is 1. The number of hydrogen-bond donors (Lipinski definition) is 1. The van der Waals surface area contributed by atoms with Crippen molar-refractivity contribution in [1.29, 1.82) is 0 Å². The normalized spacial score (nSPS) is 19.8. The second-order valence-electron chi connectivity index (χ2n) is 7.72. The molecule has 162 valence electrons. The van der Waals surface area contributed by atoms with E-state index < -0.39 is 28.4 Å². The molecule has 1 aromatic carbocycles. The highest BCUT2D eigenvalue weighted by Gasteiger charge is 2.44. The highest BCUT2D eigenvalue weighted by molar-refractivity contribution is 7.12. The quantitative estimate of drug-likeness (QED) is 0.399. The second kappa shape index (κ2) is 8.99. The molecule has 2 aliphatic heterocycles. The van der Waals surface area contributed by atoms with Crippen LogP contribution in [-0.4, -0.2) is 57.7 Å². The molecule has 1 saturated heterocycles. The van der Waals surface area contributed by atoms with Gasteiger partial charge < -0.3 is 14.9 Å². The molecule has 0 radical (unpaired) electrons. The van der Waals surface area contributed by atoms with Gasteiger partial charge in [0.25, 0.3) is 11.6 Å². The molecule has 1 fully saturated rings. The van der Waals surface area contributed by atoms with Crippen LogP contribution in [0.25, 0.3) is 0 Å². The van der Waals surface area contributed by atoms with E-state index in [1.165, 1.54) is 40.9 Å². The maximum absolute atomic E-state index is 13.2. The number of ketones is 1. The average molecular weight is 442 g/mol. The molecular formula is C22H23N3O5S. The summed E-state index contributed by atoms with van der Waals surface area (Å²) in [5.41, 5.74) is 0.284. The summed E-state index contributed by atoms with van der Waals surface area (Å²) in [7, 11) is 0. The van der Waals surface area contributed by atoms with Gasteiger partial charge in [0.1, 0.15) is 0 Å². The third-order valence-corrected chi connectivity index (χ3v) is 6.66. The van der Waals surface area contributed by atoms with E-state index in [-0.39, 0.29) is 11.3 Å². The van der Waals surface area contributed by atoms with Gasteiger partial charge in [-0.1, -0.05) is 24.6 Å². The molecule has 8 nitrogen and oxygen atoms in total. The lowest BCUT2D eigenvalue weighted by Crippen LogP contribution is -2.40. The number of rotatable bonds is 7. The number of carbonyl (C=O) groups excluding carboxylic acids is 2. The largest absolute Gasteiger partial charge is 0.503 e. The summed E-state index contributed by atoms with van der Waals surface area (Å²) >= 11 is 1.22. The van der Waals surface area contributed by atoms with E-state index in [4.69, 9.17) is 0 Å². The lowest BCUT2D eigenvalue weighted by molar-refractivity contribution is -0.384. The molecule has 1 aromatic heterocycles. The minimum absolute atomic E-state index is 0.0217. The van der Waals surface area contributed by atoms with Crippen LogP contribution in [0.4, 0.5) is 5.69 Å². The molecule has 0 saturated carbocycles. The number of benzene rings is 1. The van der Waals surface area contributed by atoms with Gasteiger partial charge in [-0.3, -0.25) is 19.7 Å². The fraction of sp³-hybridized carbons (Fsp3) is 0.364. The Labute approximate surface area is 183 Å². The van der Waals surface area contributed by atoms with Crippen LogP contribution in [0.2, 0.25) is 0 Å². The Bertz CT molecular complexity index is 1030. The van der Waals surface area contributed by atoms with Gasteiger partial charge in [-0.05, 0) is 42.9 Å². The van der Waals surface area contributed by atoms with Crippen molar-refractivity contribution in [3.63, 3.8) is 0 Å². The third kappa shape index (κ3) is 4.24. The van der Waals surface area contributed by atoms with E-state index in [2.05, 4.69) is 4.90 Å². The number of non-ortho nitro benzene ring substituents is 1. The number of likely N-dealkylation sites (tertiary alicyclic amines) is 1. The number of nitro benzene ring substituents is 1. The van der Waals surface area contributed by atoms with Crippen LogP contribution in [-0.2, 0) is 4.79 Å². The Morgan fingerprint density at radius 2 is 1.94 bits per heavy atom. The lowest BCUT2D eigenvalue weighted by atomic mass is 9.95. The first kappa shape index (κ1) is 21.2. The van der Waals surface area contributed by atoms with Crippen LogP contribution < -0.4 is 0 Å². The van der Waals surface area contributed by atoms with Crippen LogP contribution in [0, 0.1) is 10.1 Å². The number of aliphatic hydroxyl groups is 1. The predicted molar refractivity (Wildman–Crippen MR) is 116 cm³/mol. The Hall–Kier alpha value is -3.04. The molecule has 2 aliphatic rings. The second-order valence-corrected chi connectivity index (χ2v) is 8.67. The molecule has 1 unspecified atom stereocenters. The zero-order valence-electron chi connectivity index (χ0n) is 16.9. The molecule has 3 heterocycles. The van der Waals surface area contributed by atoms with Crippen molar-refractivity contribution >= 4 is 28.7 Å². The van der Waals surface area contributed by atoms with Gasteiger partial charge >= 0.3 is 0 Å². The zero-order chi connectivity index (χ0) is 22.0. The summed E-state index contributed by atoms with van der Waals surface area (Å²) in [6, 6.07) is 8.41. The van der Waals surface area contributed by atoms with E-state index in [1.54, 1.807) is 23.6 Å². The zero-order valence-corrected chi connectivity index (χ0v) is 17.7. The summed E-state index contributed by atoms with van der Waals surface area (Å²) in [6.45, 7) is 2.83. The summed E-state index contributed by atoms with van der Waals surface area (Å²) in [4.78, 5) is 41.1. The van der Waals surface area contributed by atoms with Crippen molar-refractivity contribution in [3.05, 3.63) is 73.7 Å². The highest BCUT2D eigenvalue weighted by Crippen LogP contribution is 2.40. The molecule has 2 aromatic rings. The number of thiophene rings is 1. The van der Waals surface area contributed by atoms with Gasteiger partial charge in [0.15, 0.2) is 5.76 Å². The number of nitro groups is 1. The average Bonchev–Trinajstić information content (AvgIpc) is 3.40. The molecule has 0 aliphatic carbocycles. The van der Waals surface area contributed by atoms with Gasteiger partial charge in [0.05, 0.1) is 21.4 Å². The van der Waals surface area contributed by atoms with Crippen LogP contribution >= 0.6 is 11.3 Å². The van der Waals surface area contributed by atoms with Crippen LogP contribution in [0.3, 0.4) is 0 Å². The van der Waals surface area contributed by atoms with E-state index in [1.807, 2.05) is 0 Å². The van der Waals surface area contributed by atoms with Gasteiger partial charge in [-0.2, -0.15) is 0 Å². The number of hydrogen-bond acceptors (Lipinski definition) is 7. The monoisotopic (exact) mass is 441 g/mol. The minimum Gasteiger partial charge on any atom is -0.503 e. The van der Waals surface area contributed by atoms with Crippen molar-refractivity contribution in [2.45, 2.75) is 25.3 Å². The van der Waals surface area contributed by atoms with Crippen LogP contribution in [0.1, 0.15) is 40.5 Å². The summed E-state index contributed by atoms with van der Waals surface area (Å²) in [5.74, 6) is -1.63. The Kier molecular flexibility index (Phi) is 6.15. The molecule has 9 heteroatoms. The van der Waals surface area contributed by atoms with E-state index in [0.29, 0.717) is 23.5 Å². The number of nitrogens with zero attached hydrogens (tertiary/aromatic N) is 3. The van der Waals surface area contributed by atoms with E-state index in [9.17, 15) is 24.8 Å². The van der Waals surface area contributed by atoms with Crippen molar-refractivity contribution in [1.82, 2.24) is 9.80 Å². The Morgan fingerprint density at radius 3 is 2.61 bits per heavy atom. The Balaban J connectivity index is 1.70. The van der Waals surface area contributed by atoms with E-state index in [0.717, 1.165) is 25.9 Å². The fourth-order valence-corrected chi connectivity index (χ4v) is 4.92. The minimum atomic E-state index is -0.869. The van der Waals surface area contributed by atoms with Crippen molar-refractivity contribution in [3.8, 4) is 0 Å². The maximum Gasteiger partial charge on any atom is 0.290 e. The number of aliphatic hydroxyl groups excluding tert-OH is 1. The molecule has 1 amide bonds. The topological polar surface area (TPSA) is 104 Å². The van der Waals surface area contributed by atoms with Crippen molar-refractivity contribution < 1.29 is 19.6 Å². The first-order valence-corrected chi connectivity index (χ1v) is 11.1. The first-order chi connectivity index (χ1) is 15.0.